The summed E-state index contributed by atoms with van der Waals surface area (Å²) in [6.07, 6.45) is -0.0916. The summed E-state index contributed by atoms with van der Waals surface area (Å²) in [5.74, 6) is -0.133. The van der Waals surface area contributed by atoms with Crippen LogP contribution < -0.4 is 5.32 Å². The fourth-order valence-corrected chi connectivity index (χ4v) is 3.36. The molecule has 7 heteroatoms. The molecule has 4 nitrogen and oxygen atoms in total. The van der Waals surface area contributed by atoms with Crippen molar-refractivity contribution in [2.24, 2.45) is 0 Å². The molecule has 1 N–H and O–H groups in total. The number of carbonyl (C=O) groups excluding carboxylic acids is 1. The average molecular weight is 414 g/mol. The number of rotatable bonds is 4. The molecule has 1 fully saturated rings. The lowest BCUT2D eigenvalue weighted by Gasteiger charge is -2.36. The molecule has 3 rings (SSSR count). The highest BCUT2D eigenvalue weighted by atomic mass is 35.5. The minimum atomic E-state index is -0.330. The summed E-state index contributed by atoms with van der Waals surface area (Å²) in [7, 11) is 0. The van der Waals surface area contributed by atoms with Crippen molar-refractivity contribution >= 4 is 46.4 Å². The van der Waals surface area contributed by atoms with Crippen LogP contribution in [0.4, 0.5) is 5.69 Å². The molecule has 0 radical (unpaired) electrons. The van der Waals surface area contributed by atoms with Gasteiger partial charge in [-0.15, -0.1) is 0 Å². The third-order valence-electron chi connectivity index (χ3n) is 4.45. The Morgan fingerprint density at radius 1 is 1.15 bits per heavy atom. The Kier molecular flexibility index (Phi) is 6.43. The Morgan fingerprint density at radius 2 is 1.85 bits per heavy atom. The fourth-order valence-electron chi connectivity index (χ4n) is 2.90. The van der Waals surface area contributed by atoms with Crippen LogP contribution in [0, 0.1) is 0 Å². The van der Waals surface area contributed by atoms with E-state index in [9.17, 15) is 4.79 Å². The highest BCUT2D eigenvalue weighted by Crippen LogP contribution is 2.27. The van der Waals surface area contributed by atoms with E-state index in [0.29, 0.717) is 40.5 Å². The maximum absolute atomic E-state index is 12.7. The molecule has 0 spiro atoms. The first kappa shape index (κ1) is 19.5. The molecule has 2 aromatic rings. The normalized spacial score (nSPS) is 19.2. The van der Waals surface area contributed by atoms with Crippen molar-refractivity contribution in [3.05, 3.63) is 63.1 Å². The van der Waals surface area contributed by atoms with Crippen LogP contribution in [0.5, 0.6) is 0 Å². The second-order valence-electron chi connectivity index (χ2n) is 6.20. The van der Waals surface area contributed by atoms with Gasteiger partial charge >= 0.3 is 0 Å². The first-order valence-corrected chi connectivity index (χ1v) is 9.44. The van der Waals surface area contributed by atoms with E-state index >= 15 is 0 Å². The van der Waals surface area contributed by atoms with Crippen LogP contribution in [0.2, 0.25) is 15.1 Å². The summed E-state index contributed by atoms with van der Waals surface area (Å²) >= 11 is 18.1. The van der Waals surface area contributed by atoms with Gasteiger partial charge in [-0.3, -0.25) is 9.69 Å². The summed E-state index contributed by atoms with van der Waals surface area (Å²) < 4.78 is 5.86. The van der Waals surface area contributed by atoms with Crippen molar-refractivity contribution < 1.29 is 9.53 Å². The van der Waals surface area contributed by atoms with E-state index in [1.165, 1.54) is 0 Å². The number of amides is 1. The van der Waals surface area contributed by atoms with Gasteiger partial charge in [0.15, 0.2) is 0 Å². The van der Waals surface area contributed by atoms with E-state index < -0.39 is 0 Å². The first-order valence-electron chi connectivity index (χ1n) is 8.31. The summed E-state index contributed by atoms with van der Waals surface area (Å²) in [6, 6.07) is 12.2. The number of nitrogens with zero attached hydrogens (tertiary/aromatic N) is 1. The zero-order valence-electron chi connectivity index (χ0n) is 14.2. The van der Waals surface area contributed by atoms with Gasteiger partial charge in [0.2, 0.25) is 5.91 Å². The lowest BCUT2D eigenvalue weighted by atomic mass is 10.1. The highest BCUT2D eigenvalue weighted by Gasteiger charge is 2.29. The number of nitrogens with one attached hydrogen (secondary N) is 1. The fraction of sp³-hybridized carbons (Fsp3) is 0.316. The van der Waals surface area contributed by atoms with Gasteiger partial charge in [0, 0.05) is 23.1 Å². The molecule has 0 bridgehead atoms. The van der Waals surface area contributed by atoms with Crippen LogP contribution in [0.3, 0.4) is 0 Å². The van der Waals surface area contributed by atoms with E-state index in [0.717, 1.165) is 5.56 Å². The van der Waals surface area contributed by atoms with Gasteiger partial charge in [-0.05, 0) is 42.8 Å². The van der Waals surface area contributed by atoms with Crippen LogP contribution in [0.1, 0.15) is 18.6 Å². The van der Waals surface area contributed by atoms with E-state index in [4.69, 9.17) is 39.5 Å². The molecular weight excluding hydrogens is 395 g/mol. The Labute approximate surface area is 168 Å². The number of carbonyl (C=O) groups is 1. The molecule has 1 heterocycles. The van der Waals surface area contributed by atoms with Gasteiger partial charge in [-0.25, -0.2) is 0 Å². The smallest absolute Gasteiger partial charge is 0.241 e. The Balaban J connectivity index is 1.66. The number of ether oxygens (including phenoxy) is 1. The Bertz CT molecular complexity index is 783. The quantitative estimate of drug-likeness (QED) is 0.763. The topological polar surface area (TPSA) is 41.6 Å². The predicted molar refractivity (Wildman–Crippen MR) is 106 cm³/mol. The van der Waals surface area contributed by atoms with E-state index in [-0.39, 0.29) is 18.1 Å². The standard InChI is InChI=1S/C19H19Cl3N2O2/c1-12(19(25)23-17-10-15(21)6-7-16(17)22)24-8-9-26-18(11-24)13-2-4-14(20)5-3-13/h2-7,10,12,18H,8-9,11H2,1H3,(H,23,25). The molecule has 2 aromatic carbocycles. The van der Waals surface area contributed by atoms with Gasteiger partial charge in [0.05, 0.1) is 29.5 Å². The lowest BCUT2D eigenvalue weighted by molar-refractivity contribution is -0.124. The zero-order chi connectivity index (χ0) is 18.7. The molecule has 0 aliphatic carbocycles. The second-order valence-corrected chi connectivity index (χ2v) is 7.48. The first-order chi connectivity index (χ1) is 12.4. The largest absolute Gasteiger partial charge is 0.371 e. The summed E-state index contributed by atoms with van der Waals surface area (Å²) in [5.41, 5.74) is 1.56. The Morgan fingerprint density at radius 3 is 2.58 bits per heavy atom. The van der Waals surface area contributed by atoms with Gasteiger partial charge in [-0.2, -0.15) is 0 Å². The summed E-state index contributed by atoms with van der Waals surface area (Å²) in [6.45, 7) is 3.74. The van der Waals surface area contributed by atoms with Crippen molar-refractivity contribution in [1.29, 1.82) is 0 Å². The maximum atomic E-state index is 12.7. The van der Waals surface area contributed by atoms with Gasteiger partial charge < -0.3 is 10.1 Å². The molecule has 0 aromatic heterocycles. The van der Waals surface area contributed by atoms with Gasteiger partial charge in [-0.1, -0.05) is 46.9 Å². The Hall–Kier alpha value is -1.30. The monoisotopic (exact) mass is 412 g/mol. The molecule has 2 unspecified atom stereocenters. The molecule has 1 aliphatic heterocycles. The van der Waals surface area contributed by atoms with Crippen molar-refractivity contribution in [2.75, 3.05) is 25.0 Å². The SMILES string of the molecule is CC(C(=O)Nc1cc(Cl)ccc1Cl)N1CCOC(c2ccc(Cl)cc2)C1. The zero-order valence-corrected chi connectivity index (χ0v) is 16.5. The number of halogens is 3. The molecule has 138 valence electrons. The van der Waals surface area contributed by atoms with E-state index in [2.05, 4.69) is 10.2 Å². The van der Waals surface area contributed by atoms with E-state index in [1.54, 1.807) is 18.2 Å². The van der Waals surface area contributed by atoms with Gasteiger partial charge in [0.1, 0.15) is 0 Å². The highest BCUT2D eigenvalue weighted by molar-refractivity contribution is 6.35. The van der Waals surface area contributed by atoms with Gasteiger partial charge in [0.25, 0.3) is 0 Å². The summed E-state index contributed by atoms with van der Waals surface area (Å²) in [4.78, 5) is 14.7. The minimum Gasteiger partial charge on any atom is -0.371 e. The van der Waals surface area contributed by atoms with Crippen molar-refractivity contribution in [1.82, 2.24) is 4.90 Å². The van der Waals surface area contributed by atoms with E-state index in [1.807, 2.05) is 31.2 Å². The molecule has 0 saturated carbocycles. The molecule has 1 aliphatic rings. The second kappa shape index (κ2) is 8.59. The minimum absolute atomic E-state index is 0.0916. The van der Waals surface area contributed by atoms with Crippen molar-refractivity contribution in [3.8, 4) is 0 Å². The number of anilines is 1. The molecule has 26 heavy (non-hydrogen) atoms. The summed E-state index contributed by atoms with van der Waals surface area (Å²) in [5, 5.41) is 4.52. The average Bonchev–Trinajstić information content (AvgIpc) is 2.64. The van der Waals surface area contributed by atoms with Crippen molar-refractivity contribution in [3.63, 3.8) is 0 Å². The third kappa shape index (κ3) is 4.70. The number of benzene rings is 2. The number of hydrogen-bond donors (Lipinski definition) is 1. The maximum Gasteiger partial charge on any atom is 0.241 e. The molecule has 1 saturated heterocycles. The third-order valence-corrected chi connectivity index (χ3v) is 5.27. The van der Waals surface area contributed by atoms with Crippen LogP contribution in [0.15, 0.2) is 42.5 Å². The van der Waals surface area contributed by atoms with Crippen molar-refractivity contribution in [2.45, 2.75) is 19.1 Å². The number of hydrogen-bond acceptors (Lipinski definition) is 3. The molecular formula is C19H19Cl3N2O2. The van der Waals surface area contributed by atoms with Crippen LogP contribution in [0.25, 0.3) is 0 Å². The van der Waals surface area contributed by atoms with Crippen LogP contribution in [-0.2, 0) is 9.53 Å². The molecule has 1 amide bonds. The van der Waals surface area contributed by atoms with Crippen LogP contribution in [-0.4, -0.2) is 36.5 Å². The predicted octanol–water partition coefficient (Wildman–Crippen LogP) is 5.05. The molecule has 2 atom stereocenters. The number of morpholine rings is 1. The lowest BCUT2D eigenvalue weighted by Crippen LogP contribution is -2.48. The van der Waals surface area contributed by atoms with Crippen LogP contribution >= 0.6 is 34.8 Å².